The number of nitrogens with zero attached hydrogens (tertiary/aromatic N) is 2. The van der Waals surface area contributed by atoms with Crippen LogP contribution in [0.4, 0.5) is 0 Å². The van der Waals surface area contributed by atoms with Gasteiger partial charge in [0.05, 0.1) is 31.1 Å². The Labute approximate surface area is 101 Å². The summed E-state index contributed by atoms with van der Waals surface area (Å²) in [7, 11) is 0. The Bertz CT molecular complexity index is 372. The van der Waals surface area contributed by atoms with Crippen molar-refractivity contribution in [2.24, 2.45) is 0 Å². The molecule has 1 aliphatic heterocycles. The number of hydrogen-bond donors (Lipinski definition) is 1. The van der Waals surface area contributed by atoms with Crippen LogP contribution in [-0.2, 0) is 11.3 Å². The second-order valence-corrected chi connectivity index (χ2v) is 4.93. The molecule has 1 atom stereocenters. The first-order chi connectivity index (χ1) is 8.07. The van der Waals surface area contributed by atoms with E-state index in [-0.39, 0.29) is 12.1 Å². The Hall–Kier alpha value is -0.910. The van der Waals surface area contributed by atoms with Crippen molar-refractivity contribution in [1.29, 1.82) is 0 Å². The number of ether oxygens (including phenoxy) is 1. The van der Waals surface area contributed by atoms with Crippen LogP contribution in [0.25, 0.3) is 0 Å². The molecule has 1 aromatic rings. The highest BCUT2D eigenvalue weighted by atomic mass is 16.5. The predicted molar refractivity (Wildman–Crippen MR) is 62.7 cm³/mol. The van der Waals surface area contributed by atoms with Crippen molar-refractivity contribution < 1.29 is 14.4 Å². The van der Waals surface area contributed by atoms with Gasteiger partial charge in [-0.15, -0.1) is 0 Å². The summed E-state index contributed by atoms with van der Waals surface area (Å²) in [5, 5.41) is 13.5. The molecular weight excluding hydrogens is 220 g/mol. The molecule has 1 aliphatic rings. The Kier molecular flexibility index (Phi) is 3.51. The molecule has 0 spiro atoms. The van der Waals surface area contributed by atoms with E-state index in [1.807, 2.05) is 20.8 Å². The summed E-state index contributed by atoms with van der Waals surface area (Å²) in [5.41, 5.74) is 1.73. The molecule has 0 amide bonds. The fourth-order valence-corrected chi connectivity index (χ4v) is 2.16. The molecule has 1 fully saturated rings. The van der Waals surface area contributed by atoms with Crippen LogP contribution in [0, 0.1) is 13.8 Å². The SMILES string of the molecule is Cc1noc(C)c1CN1CCOC[C@]1(C)CO. The Morgan fingerprint density at radius 2 is 2.24 bits per heavy atom. The number of aliphatic hydroxyl groups is 1. The van der Waals surface area contributed by atoms with Crippen LogP contribution in [0.3, 0.4) is 0 Å². The number of morpholine rings is 1. The molecule has 1 aromatic heterocycles. The molecule has 0 bridgehead atoms. The van der Waals surface area contributed by atoms with Crippen LogP contribution in [0.2, 0.25) is 0 Å². The molecule has 1 saturated heterocycles. The van der Waals surface area contributed by atoms with E-state index in [2.05, 4.69) is 10.1 Å². The van der Waals surface area contributed by atoms with Gasteiger partial charge in [0.2, 0.25) is 0 Å². The van der Waals surface area contributed by atoms with Crippen molar-refractivity contribution in [2.75, 3.05) is 26.4 Å². The van der Waals surface area contributed by atoms with E-state index in [1.54, 1.807) is 0 Å². The van der Waals surface area contributed by atoms with Crippen LogP contribution in [0.15, 0.2) is 4.52 Å². The number of aliphatic hydroxyl groups excluding tert-OH is 1. The van der Waals surface area contributed by atoms with Gasteiger partial charge in [-0.1, -0.05) is 5.16 Å². The molecule has 0 aliphatic carbocycles. The van der Waals surface area contributed by atoms with Gasteiger partial charge in [0.25, 0.3) is 0 Å². The van der Waals surface area contributed by atoms with Gasteiger partial charge in [-0.2, -0.15) is 0 Å². The summed E-state index contributed by atoms with van der Waals surface area (Å²) in [6.45, 7) is 8.82. The van der Waals surface area contributed by atoms with Gasteiger partial charge >= 0.3 is 0 Å². The maximum atomic E-state index is 9.53. The summed E-state index contributed by atoms with van der Waals surface area (Å²) < 4.78 is 10.6. The first-order valence-corrected chi connectivity index (χ1v) is 5.92. The summed E-state index contributed by atoms with van der Waals surface area (Å²) in [5.74, 6) is 0.856. The average Bonchev–Trinajstić information content (AvgIpc) is 2.64. The third kappa shape index (κ3) is 2.36. The summed E-state index contributed by atoms with van der Waals surface area (Å²) in [4.78, 5) is 2.24. The lowest BCUT2D eigenvalue weighted by Crippen LogP contribution is -2.56. The lowest BCUT2D eigenvalue weighted by Gasteiger charge is -2.43. The van der Waals surface area contributed by atoms with Crippen molar-refractivity contribution in [1.82, 2.24) is 10.1 Å². The fraction of sp³-hybridized carbons (Fsp3) is 0.750. The molecule has 5 heteroatoms. The van der Waals surface area contributed by atoms with Crippen molar-refractivity contribution in [3.05, 3.63) is 17.0 Å². The second kappa shape index (κ2) is 4.76. The lowest BCUT2D eigenvalue weighted by molar-refractivity contribution is -0.0865. The highest BCUT2D eigenvalue weighted by Crippen LogP contribution is 2.24. The van der Waals surface area contributed by atoms with E-state index >= 15 is 0 Å². The number of hydrogen-bond acceptors (Lipinski definition) is 5. The second-order valence-electron chi connectivity index (χ2n) is 4.93. The minimum atomic E-state index is -0.311. The monoisotopic (exact) mass is 240 g/mol. The van der Waals surface area contributed by atoms with Gasteiger partial charge in [0.15, 0.2) is 0 Å². The third-order valence-electron chi connectivity index (χ3n) is 3.55. The zero-order valence-corrected chi connectivity index (χ0v) is 10.7. The maximum Gasteiger partial charge on any atom is 0.138 e. The highest BCUT2D eigenvalue weighted by Gasteiger charge is 2.35. The van der Waals surface area contributed by atoms with Gasteiger partial charge < -0.3 is 14.4 Å². The zero-order chi connectivity index (χ0) is 12.5. The van der Waals surface area contributed by atoms with E-state index in [0.717, 1.165) is 30.1 Å². The van der Waals surface area contributed by atoms with Crippen molar-refractivity contribution in [2.45, 2.75) is 32.9 Å². The van der Waals surface area contributed by atoms with Gasteiger partial charge in [-0.05, 0) is 20.8 Å². The lowest BCUT2D eigenvalue weighted by atomic mass is 9.99. The Balaban J connectivity index is 2.16. The highest BCUT2D eigenvalue weighted by molar-refractivity contribution is 5.21. The Morgan fingerprint density at radius 1 is 1.47 bits per heavy atom. The summed E-state index contributed by atoms with van der Waals surface area (Å²) >= 11 is 0. The van der Waals surface area contributed by atoms with Crippen molar-refractivity contribution in [3.63, 3.8) is 0 Å². The standard InChI is InChI=1S/C12H20N2O3/c1-9-11(10(2)17-13-9)6-14-4-5-16-8-12(14,3)7-15/h15H,4-8H2,1-3H3/t12-/m0/s1. The molecule has 17 heavy (non-hydrogen) atoms. The molecule has 2 rings (SSSR count). The summed E-state index contributed by atoms with van der Waals surface area (Å²) in [6, 6.07) is 0. The minimum Gasteiger partial charge on any atom is -0.394 e. The Morgan fingerprint density at radius 3 is 2.82 bits per heavy atom. The van der Waals surface area contributed by atoms with Gasteiger partial charge in [-0.25, -0.2) is 0 Å². The molecule has 1 N–H and O–H groups in total. The molecule has 0 saturated carbocycles. The van der Waals surface area contributed by atoms with Crippen LogP contribution in [0.5, 0.6) is 0 Å². The predicted octanol–water partition coefficient (Wildman–Crippen LogP) is 0.875. The third-order valence-corrected chi connectivity index (χ3v) is 3.55. The molecule has 0 unspecified atom stereocenters. The molecule has 0 radical (unpaired) electrons. The van der Waals surface area contributed by atoms with E-state index in [4.69, 9.17) is 9.26 Å². The number of aryl methyl sites for hydroxylation is 2. The first kappa shape index (κ1) is 12.5. The average molecular weight is 240 g/mol. The smallest absolute Gasteiger partial charge is 0.138 e. The largest absolute Gasteiger partial charge is 0.394 e. The molecular formula is C12H20N2O3. The van der Waals surface area contributed by atoms with Crippen LogP contribution < -0.4 is 0 Å². The quantitative estimate of drug-likeness (QED) is 0.849. The van der Waals surface area contributed by atoms with E-state index in [0.29, 0.717) is 13.2 Å². The van der Waals surface area contributed by atoms with Gasteiger partial charge in [-0.3, -0.25) is 4.90 Å². The first-order valence-electron chi connectivity index (χ1n) is 5.92. The molecule has 2 heterocycles. The van der Waals surface area contributed by atoms with Crippen molar-refractivity contribution >= 4 is 0 Å². The summed E-state index contributed by atoms with van der Waals surface area (Å²) in [6.07, 6.45) is 0. The van der Waals surface area contributed by atoms with E-state index in [9.17, 15) is 5.11 Å². The van der Waals surface area contributed by atoms with E-state index < -0.39 is 0 Å². The normalized spacial score (nSPS) is 26.4. The number of aromatic nitrogens is 1. The van der Waals surface area contributed by atoms with E-state index in [1.165, 1.54) is 0 Å². The maximum absolute atomic E-state index is 9.53. The van der Waals surface area contributed by atoms with Crippen LogP contribution in [0.1, 0.15) is 23.9 Å². The fourth-order valence-electron chi connectivity index (χ4n) is 2.16. The molecule has 0 aromatic carbocycles. The topological polar surface area (TPSA) is 58.7 Å². The molecule has 5 nitrogen and oxygen atoms in total. The van der Waals surface area contributed by atoms with Gasteiger partial charge in [0.1, 0.15) is 5.76 Å². The van der Waals surface area contributed by atoms with Crippen LogP contribution >= 0.6 is 0 Å². The van der Waals surface area contributed by atoms with Crippen molar-refractivity contribution in [3.8, 4) is 0 Å². The molecule has 96 valence electrons. The number of rotatable bonds is 3. The van der Waals surface area contributed by atoms with Gasteiger partial charge in [0, 0.05) is 18.7 Å². The van der Waals surface area contributed by atoms with Crippen LogP contribution in [-0.4, -0.2) is 47.1 Å². The minimum absolute atomic E-state index is 0.0936. The zero-order valence-electron chi connectivity index (χ0n) is 10.7.